The van der Waals surface area contributed by atoms with Crippen molar-refractivity contribution in [1.82, 2.24) is 0 Å². The maximum Gasteiger partial charge on any atom is 0.193 e. The summed E-state index contributed by atoms with van der Waals surface area (Å²) in [6.07, 6.45) is 0. The standard InChI is InChI=1S/C10H11O3/c1-10(2,13)9(12)7-3-5-8(11)6-4-7/h3-6,13H,1-2H3. The second-order valence-electron chi connectivity index (χ2n) is 3.41. The van der Waals surface area contributed by atoms with Gasteiger partial charge in [-0.3, -0.25) is 9.90 Å². The summed E-state index contributed by atoms with van der Waals surface area (Å²) >= 11 is 0. The van der Waals surface area contributed by atoms with E-state index in [2.05, 4.69) is 0 Å². The fourth-order valence-electron chi connectivity index (χ4n) is 0.960. The number of rotatable bonds is 2. The van der Waals surface area contributed by atoms with Gasteiger partial charge in [-0.05, 0) is 38.1 Å². The summed E-state index contributed by atoms with van der Waals surface area (Å²) in [6.45, 7) is 2.83. The van der Waals surface area contributed by atoms with Gasteiger partial charge in [0.15, 0.2) is 11.5 Å². The Bertz CT molecular complexity index is 306. The molecule has 0 unspecified atom stereocenters. The van der Waals surface area contributed by atoms with Crippen LogP contribution in [0.1, 0.15) is 24.2 Å². The summed E-state index contributed by atoms with van der Waals surface area (Å²) in [7, 11) is 0. The third-order valence-electron chi connectivity index (χ3n) is 1.67. The summed E-state index contributed by atoms with van der Waals surface area (Å²) in [4.78, 5) is 11.4. The zero-order valence-corrected chi connectivity index (χ0v) is 7.57. The maximum absolute atomic E-state index is 11.4. The van der Waals surface area contributed by atoms with Crippen molar-refractivity contribution in [2.24, 2.45) is 0 Å². The number of carbonyl (C=O) groups excluding carboxylic acids is 1. The predicted octanol–water partition coefficient (Wildman–Crippen LogP) is 1.78. The lowest BCUT2D eigenvalue weighted by Crippen LogP contribution is -2.30. The average molecular weight is 179 g/mol. The largest absolute Gasteiger partial charge is 0.382 e. The van der Waals surface area contributed by atoms with E-state index in [-0.39, 0.29) is 11.5 Å². The third-order valence-corrected chi connectivity index (χ3v) is 1.67. The lowest BCUT2D eigenvalue weighted by Gasteiger charge is -2.14. The summed E-state index contributed by atoms with van der Waals surface area (Å²) in [5, 5.41) is 20.1. The van der Waals surface area contributed by atoms with Crippen LogP contribution in [0.5, 0.6) is 5.75 Å². The summed E-state index contributed by atoms with van der Waals surface area (Å²) < 4.78 is 0. The minimum atomic E-state index is -1.38. The van der Waals surface area contributed by atoms with Crippen LogP contribution in [0, 0.1) is 0 Å². The van der Waals surface area contributed by atoms with E-state index in [1.807, 2.05) is 0 Å². The zero-order chi connectivity index (χ0) is 10.1. The molecule has 0 aliphatic rings. The van der Waals surface area contributed by atoms with Crippen molar-refractivity contribution in [2.45, 2.75) is 19.4 Å². The van der Waals surface area contributed by atoms with Crippen LogP contribution in [0.25, 0.3) is 0 Å². The molecule has 1 radical (unpaired) electrons. The quantitative estimate of drug-likeness (QED) is 0.703. The highest BCUT2D eigenvalue weighted by atomic mass is 16.3. The molecular formula is C10H11O3. The average Bonchev–Trinajstić information content (AvgIpc) is 2.03. The first kappa shape index (κ1) is 9.74. The van der Waals surface area contributed by atoms with Gasteiger partial charge in [-0.2, -0.15) is 0 Å². The number of carbonyl (C=O) groups is 1. The van der Waals surface area contributed by atoms with Crippen LogP contribution >= 0.6 is 0 Å². The molecule has 0 aromatic heterocycles. The van der Waals surface area contributed by atoms with Crippen LogP contribution in [0.2, 0.25) is 0 Å². The molecule has 1 aromatic carbocycles. The molecule has 69 valence electrons. The smallest absolute Gasteiger partial charge is 0.193 e. The first-order chi connectivity index (χ1) is 5.91. The Labute approximate surface area is 76.6 Å². The topological polar surface area (TPSA) is 57.2 Å². The van der Waals surface area contributed by atoms with Gasteiger partial charge < -0.3 is 5.11 Å². The van der Waals surface area contributed by atoms with E-state index in [9.17, 15) is 15.0 Å². The molecule has 0 bridgehead atoms. The number of ketones is 1. The minimum Gasteiger partial charge on any atom is -0.382 e. The fraction of sp³-hybridized carbons (Fsp3) is 0.300. The van der Waals surface area contributed by atoms with Gasteiger partial charge in [0.2, 0.25) is 0 Å². The van der Waals surface area contributed by atoms with Crippen molar-refractivity contribution in [2.75, 3.05) is 0 Å². The molecule has 1 N–H and O–H groups in total. The lowest BCUT2D eigenvalue weighted by molar-refractivity contribution is 0.0488. The second-order valence-corrected chi connectivity index (χ2v) is 3.41. The third kappa shape index (κ3) is 2.29. The molecule has 0 saturated heterocycles. The summed E-state index contributed by atoms with van der Waals surface area (Å²) in [6, 6.07) is 5.45. The minimum absolute atomic E-state index is 0.146. The molecule has 3 heteroatoms. The van der Waals surface area contributed by atoms with Crippen LogP contribution in [-0.2, 0) is 5.11 Å². The van der Waals surface area contributed by atoms with Gasteiger partial charge in [0, 0.05) is 5.56 Å². The monoisotopic (exact) mass is 179 g/mol. The van der Waals surface area contributed by atoms with Crippen LogP contribution in [0.3, 0.4) is 0 Å². The molecular weight excluding hydrogens is 168 g/mol. The molecule has 1 rings (SSSR count). The van der Waals surface area contributed by atoms with E-state index in [4.69, 9.17) is 0 Å². The molecule has 13 heavy (non-hydrogen) atoms. The Balaban J connectivity index is 2.97. The SMILES string of the molecule is CC(C)(O)C(=O)c1ccc([O])cc1. The normalized spacial score (nSPS) is 11.3. The second kappa shape index (κ2) is 3.18. The molecule has 0 saturated carbocycles. The van der Waals surface area contributed by atoms with Gasteiger partial charge >= 0.3 is 0 Å². The highest BCUT2D eigenvalue weighted by molar-refractivity contribution is 6.01. The van der Waals surface area contributed by atoms with Gasteiger partial charge in [-0.25, -0.2) is 0 Å². The molecule has 0 aliphatic heterocycles. The van der Waals surface area contributed by atoms with E-state index >= 15 is 0 Å². The molecule has 0 fully saturated rings. The number of benzene rings is 1. The molecule has 0 spiro atoms. The van der Waals surface area contributed by atoms with E-state index in [0.29, 0.717) is 5.56 Å². The molecule has 3 nitrogen and oxygen atoms in total. The Hall–Kier alpha value is -1.35. The van der Waals surface area contributed by atoms with Crippen molar-refractivity contribution in [3.63, 3.8) is 0 Å². The number of hydrogen-bond donors (Lipinski definition) is 1. The van der Waals surface area contributed by atoms with Crippen LogP contribution in [-0.4, -0.2) is 16.5 Å². The number of hydrogen-bond acceptors (Lipinski definition) is 2. The highest BCUT2D eigenvalue weighted by Gasteiger charge is 2.24. The molecule has 0 amide bonds. The Morgan fingerprint density at radius 2 is 1.69 bits per heavy atom. The van der Waals surface area contributed by atoms with Gasteiger partial charge in [0.25, 0.3) is 0 Å². The van der Waals surface area contributed by atoms with E-state index in [1.165, 1.54) is 38.1 Å². The van der Waals surface area contributed by atoms with Crippen molar-refractivity contribution in [3.05, 3.63) is 29.8 Å². The van der Waals surface area contributed by atoms with Crippen LogP contribution < -0.4 is 0 Å². The van der Waals surface area contributed by atoms with E-state index in [1.54, 1.807) is 0 Å². The first-order valence-corrected chi connectivity index (χ1v) is 3.95. The predicted molar refractivity (Wildman–Crippen MR) is 47.2 cm³/mol. The molecule has 0 atom stereocenters. The Morgan fingerprint density at radius 3 is 2.08 bits per heavy atom. The fourth-order valence-corrected chi connectivity index (χ4v) is 0.960. The van der Waals surface area contributed by atoms with Gasteiger partial charge in [0.1, 0.15) is 5.60 Å². The Kier molecular flexibility index (Phi) is 2.38. The number of aliphatic hydroxyl groups is 1. The highest BCUT2D eigenvalue weighted by Crippen LogP contribution is 2.15. The molecule has 0 aliphatic carbocycles. The van der Waals surface area contributed by atoms with E-state index < -0.39 is 5.60 Å². The zero-order valence-electron chi connectivity index (χ0n) is 7.57. The maximum atomic E-state index is 11.4. The number of Topliss-reactive ketones (excluding diaryl/α,β-unsaturated/α-hetero) is 1. The Morgan fingerprint density at radius 1 is 1.23 bits per heavy atom. The summed E-state index contributed by atoms with van der Waals surface area (Å²) in [5.41, 5.74) is -1.03. The molecule has 1 aromatic rings. The van der Waals surface area contributed by atoms with Crippen LogP contribution in [0.15, 0.2) is 24.3 Å². The van der Waals surface area contributed by atoms with Crippen molar-refractivity contribution < 1.29 is 15.0 Å². The first-order valence-electron chi connectivity index (χ1n) is 3.95. The van der Waals surface area contributed by atoms with Gasteiger partial charge in [-0.15, -0.1) is 0 Å². The van der Waals surface area contributed by atoms with Gasteiger partial charge in [0.05, 0.1) is 0 Å². The lowest BCUT2D eigenvalue weighted by atomic mass is 9.97. The van der Waals surface area contributed by atoms with Crippen molar-refractivity contribution in [3.8, 4) is 5.75 Å². The summed E-state index contributed by atoms with van der Waals surface area (Å²) in [5.74, 6) is -0.528. The van der Waals surface area contributed by atoms with Gasteiger partial charge in [-0.1, -0.05) is 0 Å². The van der Waals surface area contributed by atoms with Crippen molar-refractivity contribution in [1.29, 1.82) is 0 Å². The molecule has 0 heterocycles. The van der Waals surface area contributed by atoms with E-state index in [0.717, 1.165) is 0 Å². The van der Waals surface area contributed by atoms with Crippen LogP contribution in [0.4, 0.5) is 0 Å². The van der Waals surface area contributed by atoms with Crippen molar-refractivity contribution >= 4 is 5.78 Å².